The fourth-order valence-electron chi connectivity index (χ4n) is 3.03. The van der Waals surface area contributed by atoms with Crippen molar-refractivity contribution in [2.24, 2.45) is 0 Å². The molecule has 0 bridgehead atoms. The highest BCUT2D eigenvalue weighted by Crippen LogP contribution is 2.21. The summed E-state index contributed by atoms with van der Waals surface area (Å²) in [5.41, 5.74) is 2.42. The van der Waals surface area contributed by atoms with Crippen LogP contribution in [0.2, 0.25) is 0 Å². The van der Waals surface area contributed by atoms with Crippen LogP contribution in [-0.2, 0) is 11.2 Å². The van der Waals surface area contributed by atoms with Gasteiger partial charge in [0, 0.05) is 31.7 Å². The zero-order valence-electron chi connectivity index (χ0n) is 16.6. The maximum absolute atomic E-state index is 12.8. The molecule has 0 spiro atoms. The SMILES string of the molecule is C=C/C=C(\C=C)COC(=O)N1CCN(C(=O)c2ccc(OC)c(CC)c2)CC1. The van der Waals surface area contributed by atoms with Crippen molar-refractivity contribution in [1.29, 1.82) is 0 Å². The van der Waals surface area contributed by atoms with Gasteiger partial charge in [-0.1, -0.05) is 38.3 Å². The van der Waals surface area contributed by atoms with Crippen molar-refractivity contribution >= 4 is 12.0 Å². The smallest absolute Gasteiger partial charge is 0.410 e. The van der Waals surface area contributed by atoms with Gasteiger partial charge < -0.3 is 19.3 Å². The quantitative estimate of drug-likeness (QED) is 0.676. The lowest BCUT2D eigenvalue weighted by molar-refractivity contribution is 0.0578. The van der Waals surface area contributed by atoms with E-state index in [9.17, 15) is 9.59 Å². The normalized spacial score (nSPS) is 14.4. The van der Waals surface area contributed by atoms with Gasteiger partial charge in [0.25, 0.3) is 5.91 Å². The number of amides is 2. The fourth-order valence-corrected chi connectivity index (χ4v) is 3.03. The van der Waals surface area contributed by atoms with Gasteiger partial charge in [0.15, 0.2) is 0 Å². The Bertz CT molecular complexity index is 762. The van der Waals surface area contributed by atoms with Crippen molar-refractivity contribution in [2.45, 2.75) is 13.3 Å². The molecule has 1 saturated heterocycles. The third kappa shape index (κ3) is 5.25. The van der Waals surface area contributed by atoms with Crippen molar-refractivity contribution < 1.29 is 19.1 Å². The van der Waals surface area contributed by atoms with Crippen molar-refractivity contribution in [3.63, 3.8) is 0 Å². The highest BCUT2D eigenvalue weighted by atomic mass is 16.6. The molecule has 1 fully saturated rings. The number of hydrogen-bond donors (Lipinski definition) is 0. The summed E-state index contributed by atoms with van der Waals surface area (Å²) in [5, 5.41) is 0. The number of nitrogens with zero attached hydrogens (tertiary/aromatic N) is 2. The van der Waals surface area contributed by atoms with Crippen LogP contribution < -0.4 is 4.74 Å². The average molecular weight is 384 g/mol. The van der Waals surface area contributed by atoms with Gasteiger partial charge in [-0.2, -0.15) is 0 Å². The molecule has 0 N–H and O–H groups in total. The first-order chi connectivity index (χ1) is 13.5. The molecule has 1 aliphatic heterocycles. The van der Waals surface area contributed by atoms with Crippen LogP contribution in [-0.4, -0.2) is 61.7 Å². The van der Waals surface area contributed by atoms with Crippen LogP contribution in [0.1, 0.15) is 22.8 Å². The molecule has 6 nitrogen and oxygen atoms in total. The van der Waals surface area contributed by atoms with Gasteiger partial charge in [-0.15, -0.1) is 0 Å². The minimum atomic E-state index is -0.387. The number of piperazine rings is 1. The summed E-state index contributed by atoms with van der Waals surface area (Å²) in [6.45, 7) is 11.3. The number of carbonyl (C=O) groups excluding carboxylic acids is 2. The zero-order chi connectivity index (χ0) is 20.5. The second kappa shape index (κ2) is 10.3. The molecular formula is C22H28N2O4. The predicted octanol–water partition coefficient (Wildman–Crippen LogP) is 3.45. The maximum Gasteiger partial charge on any atom is 0.410 e. The average Bonchev–Trinajstić information content (AvgIpc) is 2.75. The van der Waals surface area contributed by atoms with E-state index in [1.54, 1.807) is 41.2 Å². The maximum atomic E-state index is 12.8. The molecule has 1 heterocycles. The van der Waals surface area contributed by atoms with Gasteiger partial charge in [0.2, 0.25) is 0 Å². The van der Waals surface area contributed by atoms with Gasteiger partial charge in [-0.25, -0.2) is 4.79 Å². The van der Waals surface area contributed by atoms with E-state index in [1.807, 2.05) is 19.1 Å². The largest absolute Gasteiger partial charge is 0.496 e. The Kier molecular flexibility index (Phi) is 7.87. The van der Waals surface area contributed by atoms with Crippen molar-refractivity contribution in [3.05, 3.63) is 66.3 Å². The monoisotopic (exact) mass is 384 g/mol. The van der Waals surface area contributed by atoms with Crippen LogP contribution in [0.4, 0.5) is 4.79 Å². The molecule has 0 aromatic heterocycles. The number of methoxy groups -OCH3 is 1. The van der Waals surface area contributed by atoms with Gasteiger partial charge in [-0.3, -0.25) is 4.79 Å². The molecule has 0 aliphatic carbocycles. The molecular weight excluding hydrogens is 356 g/mol. The zero-order valence-corrected chi connectivity index (χ0v) is 16.6. The summed E-state index contributed by atoms with van der Waals surface area (Å²) in [7, 11) is 1.62. The lowest BCUT2D eigenvalue weighted by Crippen LogP contribution is -2.50. The molecule has 28 heavy (non-hydrogen) atoms. The fraction of sp³-hybridized carbons (Fsp3) is 0.364. The molecule has 150 valence electrons. The highest BCUT2D eigenvalue weighted by Gasteiger charge is 2.26. The highest BCUT2D eigenvalue weighted by molar-refractivity contribution is 5.94. The molecule has 0 saturated carbocycles. The molecule has 6 heteroatoms. The number of hydrogen-bond acceptors (Lipinski definition) is 4. The van der Waals surface area contributed by atoms with E-state index in [4.69, 9.17) is 9.47 Å². The molecule has 1 aromatic carbocycles. The standard InChI is InChI=1S/C22H28N2O4/c1-5-8-17(6-2)16-28-22(26)24-13-11-23(12-14-24)21(25)19-9-10-20(27-4)18(7-3)15-19/h5-6,8-10,15H,1-2,7,11-14,16H2,3-4H3/b17-8+. The molecule has 2 rings (SSSR count). The second-order valence-corrected chi connectivity index (χ2v) is 6.40. The molecule has 2 amide bonds. The Balaban J connectivity index is 1.91. The lowest BCUT2D eigenvalue weighted by atomic mass is 10.1. The third-order valence-corrected chi connectivity index (χ3v) is 4.69. The third-order valence-electron chi connectivity index (χ3n) is 4.69. The summed E-state index contributed by atoms with van der Waals surface area (Å²) < 4.78 is 10.6. The van der Waals surface area contributed by atoms with E-state index in [1.165, 1.54) is 0 Å². The second-order valence-electron chi connectivity index (χ2n) is 6.40. The number of rotatable bonds is 7. The molecule has 0 unspecified atom stereocenters. The number of benzene rings is 1. The van der Waals surface area contributed by atoms with Gasteiger partial charge in [-0.05, 0) is 35.8 Å². The van der Waals surface area contributed by atoms with Crippen LogP contribution in [0, 0.1) is 0 Å². The first-order valence-corrected chi connectivity index (χ1v) is 9.35. The Labute approximate surface area is 166 Å². The predicted molar refractivity (Wildman–Crippen MR) is 110 cm³/mol. The number of carbonyl (C=O) groups is 2. The van der Waals surface area contributed by atoms with E-state index in [-0.39, 0.29) is 18.6 Å². The number of allylic oxidation sites excluding steroid dienone is 2. The molecule has 1 aromatic rings. The summed E-state index contributed by atoms with van der Waals surface area (Å²) in [6.07, 6.45) is 5.40. The van der Waals surface area contributed by atoms with Crippen molar-refractivity contribution in [1.82, 2.24) is 9.80 Å². The minimum Gasteiger partial charge on any atom is -0.496 e. The molecule has 0 atom stereocenters. The summed E-state index contributed by atoms with van der Waals surface area (Å²) in [6, 6.07) is 5.49. The lowest BCUT2D eigenvalue weighted by Gasteiger charge is -2.34. The van der Waals surface area contributed by atoms with Gasteiger partial charge in [0.1, 0.15) is 12.4 Å². The van der Waals surface area contributed by atoms with Crippen molar-refractivity contribution in [3.8, 4) is 5.75 Å². The van der Waals surface area contributed by atoms with Gasteiger partial charge in [0.05, 0.1) is 7.11 Å². The van der Waals surface area contributed by atoms with Gasteiger partial charge >= 0.3 is 6.09 Å². The summed E-state index contributed by atoms with van der Waals surface area (Å²) in [4.78, 5) is 28.4. The van der Waals surface area contributed by atoms with E-state index in [0.29, 0.717) is 31.7 Å². The van der Waals surface area contributed by atoms with Crippen molar-refractivity contribution in [2.75, 3.05) is 39.9 Å². The van der Waals surface area contributed by atoms with E-state index < -0.39 is 0 Å². The summed E-state index contributed by atoms with van der Waals surface area (Å²) >= 11 is 0. The topological polar surface area (TPSA) is 59.1 Å². The van der Waals surface area contributed by atoms with Crippen LogP contribution in [0.3, 0.4) is 0 Å². The molecule has 1 aliphatic rings. The van der Waals surface area contributed by atoms with E-state index in [2.05, 4.69) is 13.2 Å². The van der Waals surface area contributed by atoms with E-state index in [0.717, 1.165) is 23.3 Å². The van der Waals surface area contributed by atoms with E-state index >= 15 is 0 Å². The van der Waals surface area contributed by atoms with Crippen LogP contribution >= 0.6 is 0 Å². The van der Waals surface area contributed by atoms with Crippen LogP contribution in [0.25, 0.3) is 0 Å². The van der Waals surface area contributed by atoms with Crippen LogP contribution in [0.15, 0.2) is 55.2 Å². The Hall–Kier alpha value is -3.02. The number of ether oxygens (including phenoxy) is 2. The Morgan fingerprint density at radius 2 is 1.82 bits per heavy atom. The minimum absolute atomic E-state index is 0.0340. The Morgan fingerprint density at radius 1 is 1.14 bits per heavy atom. The molecule has 0 radical (unpaired) electrons. The first kappa shape index (κ1) is 21.3. The first-order valence-electron chi connectivity index (χ1n) is 9.35. The Morgan fingerprint density at radius 3 is 2.39 bits per heavy atom. The van der Waals surface area contributed by atoms with Crippen LogP contribution in [0.5, 0.6) is 5.75 Å². The number of aryl methyl sites for hydroxylation is 1. The summed E-state index contributed by atoms with van der Waals surface area (Å²) in [5.74, 6) is 0.754.